The summed E-state index contributed by atoms with van der Waals surface area (Å²) in [6, 6.07) is 3.40. The van der Waals surface area contributed by atoms with Gasteiger partial charge in [0, 0.05) is 24.9 Å². The quantitative estimate of drug-likeness (QED) is 0.742. The molecular weight excluding hydrogens is 272 g/mol. The van der Waals surface area contributed by atoms with E-state index in [0.29, 0.717) is 23.7 Å². The molecule has 0 aliphatic carbocycles. The number of amides is 1. The number of hydrogen-bond acceptors (Lipinski definition) is 4. The zero-order valence-corrected chi connectivity index (χ0v) is 12.2. The molecule has 1 amide bonds. The third-order valence-electron chi connectivity index (χ3n) is 2.25. The van der Waals surface area contributed by atoms with Crippen molar-refractivity contribution in [1.29, 1.82) is 0 Å². The van der Waals surface area contributed by atoms with E-state index in [9.17, 15) is 13.2 Å². The fourth-order valence-corrected chi connectivity index (χ4v) is 3.75. The Balaban J connectivity index is 2.28. The van der Waals surface area contributed by atoms with Crippen molar-refractivity contribution in [2.24, 2.45) is 0 Å². The summed E-state index contributed by atoms with van der Waals surface area (Å²) < 4.78 is 26.5. The fourth-order valence-electron chi connectivity index (χ4n) is 1.35. The van der Waals surface area contributed by atoms with Gasteiger partial charge in [-0.1, -0.05) is 0 Å². The molecule has 1 heterocycles. The Morgan fingerprint density at radius 3 is 2.50 bits per heavy atom. The van der Waals surface area contributed by atoms with Crippen LogP contribution in [0.1, 0.15) is 24.6 Å². The van der Waals surface area contributed by atoms with E-state index in [4.69, 9.17) is 0 Å². The van der Waals surface area contributed by atoms with Gasteiger partial charge < -0.3 is 5.32 Å². The lowest BCUT2D eigenvalue weighted by molar-refractivity contribution is -0.118. The molecule has 0 aliphatic rings. The summed E-state index contributed by atoms with van der Waals surface area (Å²) in [5.74, 6) is -0.0651. The number of rotatable bonds is 7. The van der Waals surface area contributed by atoms with E-state index >= 15 is 0 Å². The first-order valence-electron chi connectivity index (χ1n) is 5.72. The summed E-state index contributed by atoms with van der Waals surface area (Å²) >= 11 is 1.26. The maximum atomic E-state index is 11.8. The predicted molar refractivity (Wildman–Crippen MR) is 72.2 cm³/mol. The number of sulfonamides is 1. The minimum absolute atomic E-state index is 0.0651. The first-order chi connectivity index (χ1) is 8.42. The van der Waals surface area contributed by atoms with Gasteiger partial charge >= 0.3 is 0 Å². The van der Waals surface area contributed by atoms with E-state index in [0.717, 1.165) is 11.3 Å². The lowest BCUT2D eigenvalue weighted by Gasteiger charge is -2.05. The van der Waals surface area contributed by atoms with Crippen LogP contribution in [0.5, 0.6) is 0 Å². The lowest BCUT2D eigenvalue weighted by atomic mass is 10.3. The molecule has 18 heavy (non-hydrogen) atoms. The highest BCUT2D eigenvalue weighted by Crippen LogP contribution is 2.20. The highest BCUT2D eigenvalue weighted by Gasteiger charge is 2.14. The Hall–Kier alpha value is -0.920. The number of carbonyl (C=O) groups excluding carboxylic acids is 1. The normalized spacial score (nSPS) is 11.4. The molecule has 0 fully saturated rings. The second kappa shape index (κ2) is 6.86. The van der Waals surface area contributed by atoms with Gasteiger partial charge in [-0.3, -0.25) is 4.79 Å². The Labute approximate surface area is 112 Å². The summed E-state index contributed by atoms with van der Waals surface area (Å²) in [7, 11) is -3.36. The molecule has 0 unspecified atom stereocenters. The Kier molecular flexibility index (Phi) is 5.77. The van der Waals surface area contributed by atoms with E-state index in [1.807, 2.05) is 6.92 Å². The summed E-state index contributed by atoms with van der Waals surface area (Å²) in [5, 5.41) is 2.66. The van der Waals surface area contributed by atoms with Crippen molar-refractivity contribution >= 4 is 27.3 Å². The molecule has 2 N–H and O–H groups in total. The van der Waals surface area contributed by atoms with Crippen LogP contribution in [-0.2, 0) is 14.8 Å². The van der Waals surface area contributed by atoms with Crippen molar-refractivity contribution in [2.75, 3.05) is 13.1 Å². The van der Waals surface area contributed by atoms with E-state index in [1.165, 1.54) is 18.3 Å². The van der Waals surface area contributed by atoms with E-state index in [-0.39, 0.29) is 5.91 Å². The average Bonchev–Trinajstić information content (AvgIpc) is 2.70. The van der Waals surface area contributed by atoms with Crippen molar-refractivity contribution in [1.82, 2.24) is 10.0 Å². The van der Waals surface area contributed by atoms with Crippen LogP contribution in [0.4, 0.5) is 0 Å². The number of hydrogen-bond donors (Lipinski definition) is 2. The topological polar surface area (TPSA) is 75.3 Å². The maximum Gasteiger partial charge on any atom is 0.250 e. The Morgan fingerprint density at radius 2 is 1.94 bits per heavy atom. The van der Waals surface area contributed by atoms with Crippen LogP contribution in [0.2, 0.25) is 0 Å². The van der Waals surface area contributed by atoms with Crippen molar-refractivity contribution < 1.29 is 13.2 Å². The molecule has 102 valence electrons. The average molecular weight is 290 g/mol. The lowest BCUT2D eigenvalue weighted by Crippen LogP contribution is -2.26. The summed E-state index contributed by atoms with van der Waals surface area (Å²) in [5.41, 5.74) is 0. The highest BCUT2D eigenvalue weighted by atomic mass is 32.2. The summed E-state index contributed by atoms with van der Waals surface area (Å²) in [4.78, 5) is 11.6. The van der Waals surface area contributed by atoms with Crippen LogP contribution in [0.15, 0.2) is 16.3 Å². The molecular formula is C11H18N2O3S2. The zero-order valence-electron chi connectivity index (χ0n) is 10.5. The van der Waals surface area contributed by atoms with Crippen LogP contribution >= 0.6 is 11.3 Å². The minimum atomic E-state index is -3.36. The van der Waals surface area contributed by atoms with Crippen LogP contribution < -0.4 is 10.0 Å². The first-order valence-corrected chi connectivity index (χ1v) is 8.02. The summed E-state index contributed by atoms with van der Waals surface area (Å²) in [6.07, 6.45) is 1.45. The molecule has 5 nitrogen and oxygen atoms in total. The number of thiophene rings is 1. The van der Waals surface area contributed by atoms with Crippen LogP contribution in [0, 0.1) is 6.92 Å². The number of nitrogens with one attached hydrogen (secondary N) is 2. The molecule has 1 rings (SSSR count). The van der Waals surface area contributed by atoms with Gasteiger partial charge in [-0.15, -0.1) is 11.3 Å². The van der Waals surface area contributed by atoms with Crippen molar-refractivity contribution in [3.05, 3.63) is 17.0 Å². The molecule has 0 radical (unpaired) electrons. The van der Waals surface area contributed by atoms with Gasteiger partial charge in [-0.25, -0.2) is 13.1 Å². The molecule has 0 bridgehead atoms. The van der Waals surface area contributed by atoms with E-state index in [2.05, 4.69) is 10.0 Å². The molecule has 0 spiro atoms. The van der Waals surface area contributed by atoms with Crippen LogP contribution in [-0.4, -0.2) is 27.4 Å². The Morgan fingerprint density at radius 1 is 1.28 bits per heavy atom. The second-order valence-electron chi connectivity index (χ2n) is 3.95. The standard InChI is InChI=1S/C11H18N2O3S2/c1-9-5-6-11(17-9)18(15,16)13-8-4-3-7-12-10(2)14/h5-6,13H,3-4,7-8H2,1-2H3,(H,12,14). The van der Waals surface area contributed by atoms with Gasteiger partial charge in [0.15, 0.2) is 0 Å². The highest BCUT2D eigenvalue weighted by molar-refractivity contribution is 7.91. The second-order valence-corrected chi connectivity index (χ2v) is 7.23. The molecule has 1 aromatic rings. The van der Waals surface area contributed by atoms with Crippen molar-refractivity contribution in [3.8, 4) is 0 Å². The largest absolute Gasteiger partial charge is 0.356 e. The number of carbonyl (C=O) groups is 1. The number of aryl methyl sites for hydroxylation is 1. The third-order valence-corrected chi connectivity index (χ3v) is 5.20. The van der Waals surface area contributed by atoms with Gasteiger partial charge in [-0.2, -0.15) is 0 Å². The van der Waals surface area contributed by atoms with Crippen molar-refractivity contribution in [3.63, 3.8) is 0 Å². The van der Waals surface area contributed by atoms with Gasteiger partial charge in [-0.05, 0) is 31.9 Å². The smallest absolute Gasteiger partial charge is 0.250 e. The fraction of sp³-hybridized carbons (Fsp3) is 0.545. The third kappa shape index (κ3) is 5.16. The molecule has 0 aromatic carbocycles. The SMILES string of the molecule is CC(=O)NCCCCNS(=O)(=O)c1ccc(C)s1. The van der Waals surface area contributed by atoms with Gasteiger partial charge in [0.2, 0.25) is 15.9 Å². The van der Waals surface area contributed by atoms with Gasteiger partial charge in [0.05, 0.1) is 0 Å². The van der Waals surface area contributed by atoms with Gasteiger partial charge in [0.25, 0.3) is 0 Å². The maximum absolute atomic E-state index is 11.8. The molecule has 7 heteroatoms. The minimum Gasteiger partial charge on any atom is -0.356 e. The first kappa shape index (κ1) is 15.1. The van der Waals surface area contributed by atoms with Crippen LogP contribution in [0.25, 0.3) is 0 Å². The summed E-state index contributed by atoms with van der Waals surface area (Å²) in [6.45, 7) is 4.30. The molecule has 0 aliphatic heterocycles. The van der Waals surface area contributed by atoms with Gasteiger partial charge in [0.1, 0.15) is 4.21 Å². The molecule has 0 atom stereocenters. The van der Waals surface area contributed by atoms with E-state index < -0.39 is 10.0 Å². The van der Waals surface area contributed by atoms with Crippen LogP contribution in [0.3, 0.4) is 0 Å². The molecule has 0 saturated heterocycles. The monoisotopic (exact) mass is 290 g/mol. The van der Waals surface area contributed by atoms with E-state index in [1.54, 1.807) is 12.1 Å². The zero-order chi connectivity index (χ0) is 13.6. The van der Waals surface area contributed by atoms with Crippen molar-refractivity contribution in [2.45, 2.75) is 30.9 Å². The Bertz CT molecular complexity index is 494. The molecule has 1 aromatic heterocycles. The molecule has 0 saturated carbocycles. The predicted octanol–water partition coefficient (Wildman–Crippen LogP) is 1.25. The number of unbranched alkanes of at least 4 members (excludes halogenated alkanes) is 1.